The number of rotatable bonds is 4. The Morgan fingerprint density at radius 1 is 1.15 bits per heavy atom. The highest BCUT2D eigenvalue weighted by Crippen LogP contribution is 2.34. The lowest BCUT2D eigenvalue weighted by Gasteiger charge is -2.13. The number of anilines is 1. The van der Waals surface area contributed by atoms with Crippen LogP contribution in [-0.2, 0) is 13.6 Å². The van der Waals surface area contributed by atoms with Crippen LogP contribution in [0.5, 0.6) is 0 Å². The van der Waals surface area contributed by atoms with E-state index in [0.29, 0.717) is 33.8 Å². The van der Waals surface area contributed by atoms with Crippen LogP contribution in [-0.4, -0.2) is 28.7 Å². The number of fused-ring (bicyclic) bond motifs is 1. The summed E-state index contributed by atoms with van der Waals surface area (Å²) >= 11 is 0. The van der Waals surface area contributed by atoms with Gasteiger partial charge in [-0.15, -0.1) is 5.10 Å². The number of nitrogen functional groups attached to an aromatic ring is 1. The van der Waals surface area contributed by atoms with Crippen LogP contribution in [0.4, 0.5) is 10.3 Å². The number of benzene rings is 1. The van der Waals surface area contributed by atoms with E-state index in [1.165, 1.54) is 24.3 Å². The maximum Gasteiger partial charge on any atom is 0.353 e. The zero-order chi connectivity index (χ0) is 23.3. The largest absolute Gasteiger partial charge is 0.448 e. The third-order valence-corrected chi connectivity index (χ3v) is 5.37. The molecule has 0 aliphatic rings. The van der Waals surface area contributed by atoms with Crippen molar-refractivity contribution in [3.8, 4) is 22.4 Å². The summed E-state index contributed by atoms with van der Waals surface area (Å²) in [4.78, 5) is 33.7. The van der Waals surface area contributed by atoms with Crippen LogP contribution in [0.3, 0.4) is 0 Å². The third kappa shape index (κ3) is 3.30. The summed E-state index contributed by atoms with van der Waals surface area (Å²) in [6.07, 6.45) is 2.75. The second kappa shape index (κ2) is 7.55. The molecule has 0 radical (unpaired) electrons. The van der Waals surface area contributed by atoms with E-state index in [4.69, 9.17) is 10.2 Å². The molecule has 2 N–H and O–H groups in total. The van der Waals surface area contributed by atoms with Crippen LogP contribution in [0.1, 0.15) is 11.5 Å². The van der Waals surface area contributed by atoms with Crippen LogP contribution >= 0.6 is 0 Å². The second-order valence-corrected chi connectivity index (χ2v) is 7.51. The van der Waals surface area contributed by atoms with E-state index in [1.807, 2.05) is 30.3 Å². The van der Waals surface area contributed by atoms with Crippen molar-refractivity contribution in [3.05, 3.63) is 87.1 Å². The van der Waals surface area contributed by atoms with E-state index in [9.17, 15) is 14.0 Å². The zero-order valence-corrected chi connectivity index (χ0v) is 17.7. The topological polar surface area (TPSA) is 126 Å². The molecule has 0 fully saturated rings. The molecule has 0 amide bonds. The summed E-state index contributed by atoms with van der Waals surface area (Å²) in [5.74, 6) is -0.467. The summed E-state index contributed by atoms with van der Waals surface area (Å²) in [5.41, 5.74) is 7.33. The lowest BCUT2D eigenvalue weighted by atomic mass is 10.0. The maximum atomic E-state index is 14.4. The normalized spacial score (nSPS) is 11.4. The van der Waals surface area contributed by atoms with Gasteiger partial charge in [0.25, 0.3) is 5.56 Å². The molecule has 10 nitrogen and oxygen atoms in total. The fourth-order valence-electron chi connectivity index (χ4n) is 3.71. The number of aryl methyl sites for hydroxylation is 2. The Kier molecular flexibility index (Phi) is 4.66. The van der Waals surface area contributed by atoms with Crippen LogP contribution < -0.4 is 17.0 Å². The molecule has 0 aliphatic carbocycles. The van der Waals surface area contributed by atoms with Crippen molar-refractivity contribution >= 4 is 11.6 Å². The Morgan fingerprint density at radius 2 is 1.91 bits per heavy atom. The molecule has 5 rings (SSSR count). The van der Waals surface area contributed by atoms with Crippen molar-refractivity contribution in [1.29, 1.82) is 0 Å². The van der Waals surface area contributed by atoms with E-state index in [-0.39, 0.29) is 18.1 Å². The van der Waals surface area contributed by atoms with Crippen molar-refractivity contribution < 1.29 is 8.81 Å². The number of hydrogen-bond donors (Lipinski definition) is 1. The Hall–Kier alpha value is -4.54. The molecule has 0 saturated carbocycles. The Bertz CT molecular complexity index is 1600. The first kappa shape index (κ1) is 20.4. The molecule has 4 heterocycles. The van der Waals surface area contributed by atoms with E-state index < -0.39 is 17.1 Å². The summed E-state index contributed by atoms with van der Waals surface area (Å²) in [6, 6.07) is 10.2. The van der Waals surface area contributed by atoms with Crippen molar-refractivity contribution in [2.24, 2.45) is 7.05 Å². The van der Waals surface area contributed by atoms with Crippen molar-refractivity contribution in [2.45, 2.75) is 13.5 Å². The van der Waals surface area contributed by atoms with E-state index in [0.717, 1.165) is 15.0 Å². The fraction of sp³-hybridized carbons (Fsp3) is 0.136. The number of halogens is 1. The van der Waals surface area contributed by atoms with Gasteiger partial charge in [0, 0.05) is 24.4 Å². The first-order chi connectivity index (χ1) is 15.8. The highest BCUT2D eigenvalue weighted by Gasteiger charge is 2.23. The summed E-state index contributed by atoms with van der Waals surface area (Å²) in [7, 11) is 1.44. The molecule has 0 spiro atoms. The van der Waals surface area contributed by atoms with Crippen molar-refractivity contribution in [1.82, 2.24) is 28.7 Å². The number of pyridine rings is 1. The Labute approximate surface area is 185 Å². The van der Waals surface area contributed by atoms with Crippen LogP contribution in [0.25, 0.3) is 28.0 Å². The van der Waals surface area contributed by atoms with Gasteiger partial charge in [-0.05, 0) is 13.0 Å². The van der Waals surface area contributed by atoms with Gasteiger partial charge in [-0.25, -0.2) is 28.2 Å². The summed E-state index contributed by atoms with van der Waals surface area (Å²) in [5, 5.41) is 4.49. The third-order valence-electron chi connectivity index (χ3n) is 5.37. The molecule has 0 bridgehead atoms. The average molecular weight is 447 g/mol. The molecule has 1 aromatic carbocycles. The zero-order valence-electron chi connectivity index (χ0n) is 17.7. The van der Waals surface area contributed by atoms with Crippen LogP contribution in [0.2, 0.25) is 0 Å². The number of hydrogen-bond acceptors (Lipinski definition) is 7. The molecule has 33 heavy (non-hydrogen) atoms. The number of oxazole rings is 1. The minimum absolute atomic E-state index is 0.0457. The SMILES string of the molecule is Cc1ocnc1Cn1nc2c(-c3cc(F)c(=O)n(C)c3)c(-c3ccccc3)nc(N)n2c1=O. The highest BCUT2D eigenvalue weighted by molar-refractivity contribution is 5.90. The first-order valence-corrected chi connectivity index (χ1v) is 9.95. The Balaban J connectivity index is 1.86. The molecule has 0 atom stereocenters. The lowest BCUT2D eigenvalue weighted by molar-refractivity contribution is 0.521. The van der Waals surface area contributed by atoms with Gasteiger partial charge in [0.2, 0.25) is 5.95 Å². The molecular formula is C22H18FN7O3. The smallest absolute Gasteiger partial charge is 0.353 e. The molecule has 5 aromatic rings. The fourth-order valence-corrected chi connectivity index (χ4v) is 3.71. The summed E-state index contributed by atoms with van der Waals surface area (Å²) < 4.78 is 23.1. The lowest BCUT2D eigenvalue weighted by Crippen LogP contribution is -2.24. The van der Waals surface area contributed by atoms with E-state index in [1.54, 1.807) is 6.92 Å². The molecule has 4 aromatic heterocycles. The molecule has 11 heteroatoms. The number of nitrogens with zero attached hydrogens (tertiary/aromatic N) is 6. The average Bonchev–Trinajstić information content (AvgIpc) is 3.35. The van der Waals surface area contributed by atoms with Gasteiger partial charge < -0.3 is 14.7 Å². The van der Waals surface area contributed by atoms with Gasteiger partial charge in [-0.1, -0.05) is 30.3 Å². The van der Waals surface area contributed by atoms with Gasteiger partial charge in [0.15, 0.2) is 17.9 Å². The quantitative estimate of drug-likeness (QED) is 0.446. The molecule has 0 aliphatic heterocycles. The number of aromatic nitrogens is 6. The van der Waals surface area contributed by atoms with Gasteiger partial charge in [-0.2, -0.15) is 0 Å². The van der Waals surface area contributed by atoms with Gasteiger partial charge in [-0.3, -0.25) is 4.79 Å². The van der Waals surface area contributed by atoms with Crippen molar-refractivity contribution in [3.63, 3.8) is 0 Å². The molecule has 0 saturated heterocycles. The predicted molar refractivity (Wildman–Crippen MR) is 118 cm³/mol. The van der Waals surface area contributed by atoms with Crippen molar-refractivity contribution in [2.75, 3.05) is 5.73 Å². The minimum atomic E-state index is -0.941. The van der Waals surface area contributed by atoms with Crippen LogP contribution in [0, 0.1) is 12.7 Å². The molecule has 0 unspecified atom stereocenters. The van der Waals surface area contributed by atoms with Gasteiger partial charge in [0.1, 0.15) is 11.5 Å². The maximum absolute atomic E-state index is 14.4. The van der Waals surface area contributed by atoms with Gasteiger partial charge >= 0.3 is 5.69 Å². The van der Waals surface area contributed by atoms with E-state index >= 15 is 0 Å². The molecule has 166 valence electrons. The number of nitrogens with two attached hydrogens (primary N) is 1. The second-order valence-electron chi connectivity index (χ2n) is 7.51. The minimum Gasteiger partial charge on any atom is -0.448 e. The molecular weight excluding hydrogens is 429 g/mol. The standard InChI is InChI=1S/C22H18FN7O3/c1-12-16(25-11-33-12)10-29-22(32)30-19(27-29)17(14-8-15(23)20(31)28(2)9-14)18(26-21(30)24)13-6-4-3-5-7-13/h3-9,11H,10H2,1-2H3,(H2,24,26). The van der Waals surface area contributed by atoms with Gasteiger partial charge in [0.05, 0.1) is 17.8 Å². The summed E-state index contributed by atoms with van der Waals surface area (Å²) in [6.45, 7) is 1.77. The van der Waals surface area contributed by atoms with E-state index in [2.05, 4.69) is 15.1 Å². The monoisotopic (exact) mass is 447 g/mol. The van der Waals surface area contributed by atoms with Crippen LogP contribution in [0.15, 0.2) is 63.0 Å². The first-order valence-electron chi connectivity index (χ1n) is 9.95. The Morgan fingerprint density at radius 3 is 2.58 bits per heavy atom. The highest BCUT2D eigenvalue weighted by atomic mass is 19.1. The predicted octanol–water partition coefficient (Wildman–Crippen LogP) is 1.99.